The van der Waals surface area contributed by atoms with E-state index in [1.807, 2.05) is 13.8 Å². The number of hydrogen-bond donors (Lipinski definition) is 0. The summed E-state index contributed by atoms with van der Waals surface area (Å²) in [5.41, 5.74) is 0.741. The smallest absolute Gasteiger partial charge is 0.309 e. The van der Waals surface area contributed by atoms with Crippen molar-refractivity contribution in [1.29, 1.82) is 0 Å². The molecular formula is C15H18F2O2. The molecule has 1 aliphatic carbocycles. The van der Waals surface area contributed by atoms with Gasteiger partial charge in [0.05, 0.1) is 12.5 Å². The van der Waals surface area contributed by atoms with Gasteiger partial charge in [0.1, 0.15) is 11.6 Å². The highest BCUT2D eigenvalue weighted by Gasteiger charge is 2.47. The summed E-state index contributed by atoms with van der Waals surface area (Å²) in [5.74, 6) is -1.83. The summed E-state index contributed by atoms with van der Waals surface area (Å²) in [7, 11) is 0. The summed E-state index contributed by atoms with van der Waals surface area (Å²) in [6.45, 7) is 5.69. The van der Waals surface area contributed by atoms with Crippen molar-refractivity contribution >= 4 is 5.97 Å². The van der Waals surface area contributed by atoms with Crippen molar-refractivity contribution < 1.29 is 18.3 Å². The second kappa shape index (κ2) is 5.27. The maximum atomic E-state index is 14.0. The molecule has 0 amide bonds. The van der Waals surface area contributed by atoms with Gasteiger partial charge in [-0.25, -0.2) is 8.78 Å². The van der Waals surface area contributed by atoms with E-state index in [4.69, 9.17) is 4.74 Å². The third-order valence-corrected chi connectivity index (χ3v) is 3.51. The van der Waals surface area contributed by atoms with Crippen LogP contribution in [0.25, 0.3) is 0 Å². The van der Waals surface area contributed by atoms with Crippen LogP contribution in [0, 0.1) is 17.6 Å². The van der Waals surface area contributed by atoms with Gasteiger partial charge < -0.3 is 4.74 Å². The van der Waals surface area contributed by atoms with E-state index in [1.165, 1.54) is 0 Å². The first-order chi connectivity index (χ1) is 8.97. The fourth-order valence-electron chi connectivity index (χ4n) is 2.57. The lowest BCUT2D eigenvalue weighted by Crippen LogP contribution is -2.09. The van der Waals surface area contributed by atoms with Crippen LogP contribution in [0.4, 0.5) is 8.78 Å². The van der Waals surface area contributed by atoms with Gasteiger partial charge in [-0.1, -0.05) is 13.8 Å². The number of carbonyl (C=O) groups is 1. The van der Waals surface area contributed by atoms with Crippen LogP contribution in [0.2, 0.25) is 0 Å². The quantitative estimate of drug-likeness (QED) is 0.777. The predicted octanol–water partition coefficient (Wildman–Crippen LogP) is 3.75. The molecule has 1 fully saturated rings. The number of ether oxygens (including phenoxy) is 1. The first-order valence-corrected chi connectivity index (χ1v) is 6.61. The van der Waals surface area contributed by atoms with Crippen LogP contribution in [0.15, 0.2) is 12.1 Å². The standard InChI is InChI=1S/C15H18F2O2/c1-4-19-15(18)10-7-9(10)14-12(17)6-5-11(16)13(14)8(2)3/h5-6,8-10H,4,7H2,1-3H3. The Kier molecular flexibility index (Phi) is 3.88. The van der Waals surface area contributed by atoms with Crippen molar-refractivity contribution in [3.63, 3.8) is 0 Å². The maximum absolute atomic E-state index is 14.0. The summed E-state index contributed by atoms with van der Waals surface area (Å²) in [4.78, 5) is 11.6. The van der Waals surface area contributed by atoms with Crippen molar-refractivity contribution in [2.75, 3.05) is 6.61 Å². The molecule has 4 heteroatoms. The zero-order valence-corrected chi connectivity index (χ0v) is 11.4. The molecule has 1 aromatic carbocycles. The topological polar surface area (TPSA) is 26.3 Å². The molecule has 0 bridgehead atoms. The molecule has 0 radical (unpaired) electrons. The third-order valence-electron chi connectivity index (χ3n) is 3.51. The van der Waals surface area contributed by atoms with Crippen LogP contribution >= 0.6 is 0 Å². The van der Waals surface area contributed by atoms with E-state index in [1.54, 1.807) is 6.92 Å². The zero-order valence-electron chi connectivity index (χ0n) is 11.4. The van der Waals surface area contributed by atoms with E-state index in [-0.39, 0.29) is 23.7 Å². The molecule has 1 saturated carbocycles. The monoisotopic (exact) mass is 268 g/mol. The first-order valence-electron chi connectivity index (χ1n) is 6.61. The molecule has 1 aliphatic rings. The van der Waals surface area contributed by atoms with Crippen LogP contribution in [0.1, 0.15) is 50.2 Å². The van der Waals surface area contributed by atoms with Gasteiger partial charge in [-0.2, -0.15) is 0 Å². The molecule has 2 atom stereocenters. The molecule has 0 N–H and O–H groups in total. The molecule has 2 nitrogen and oxygen atoms in total. The molecule has 0 spiro atoms. The maximum Gasteiger partial charge on any atom is 0.309 e. The zero-order chi connectivity index (χ0) is 14.2. The number of benzene rings is 1. The van der Waals surface area contributed by atoms with Crippen molar-refractivity contribution in [2.45, 2.75) is 39.0 Å². The molecule has 104 valence electrons. The Morgan fingerprint density at radius 2 is 2.00 bits per heavy atom. The Morgan fingerprint density at radius 1 is 1.37 bits per heavy atom. The van der Waals surface area contributed by atoms with Gasteiger partial charge in [-0.05, 0) is 42.5 Å². The van der Waals surface area contributed by atoms with Crippen molar-refractivity contribution in [1.82, 2.24) is 0 Å². The Bertz CT molecular complexity index is 497. The molecule has 19 heavy (non-hydrogen) atoms. The Labute approximate surface area is 111 Å². The van der Waals surface area contributed by atoms with Gasteiger partial charge >= 0.3 is 5.97 Å². The Balaban J connectivity index is 2.32. The lowest BCUT2D eigenvalue weighted by molar-refractivity contribution is -0.144. The molecule has 0 heterocycles. The van der Waals surface area contributed by atoms with Gasteiger partial charge in [0.25, 0.3) is 0 Å². The van der Waals surface area contributed by atoms with Crippen molar-refractivity contribution in [3.8, 4) is 0 Å². The second-order valence-electron chi connectivity index (χ2n) is 5.21. The minimum absolute atomic E-state index is 0.117. The summed E-state index contributed by atoms with van der Waals surface area (Å²) in [6.07, 6.45) is 0.541. The van der Waals surface area contributed by atoms with E-state index < -0.39 is 11.6 Å². The van der Waals surface area contributed by atoms with E-state index in [0.29, 0.717) is 24.2 Å². The summed E-state index contributed by atoms with van der Waals surface area (Å²) in [5, 5.41) is 0. The van der Waals surface area contributed by atoms with Gasteiger partial charge in [0.2, 0.25) is 0 Å². The van der Waals surface area contributed by atoms with Crippen LogP contribution in [-0.4, -0.2) is 12.6 Å². The van der Waals surface area contributed by atoms with E-state index >= 15 is 0 Å². The highest BCUT2D eigenvalue weighted by molar-refractivity contribution is 5.77. The molecule has 2 unspecified atom stereocenters. The Morgan fingerprint density at radius 3 is 2.58 bits per heavy atom. The number of rotatable bonds is 4. The van der Waals surface area contributed by atoms with Crippen LogP contribution in [0.3, 0.4) is 0 Å². The van der Waals surface area contributed by atoms with E-state index in [0.717, 1.165) is 12.1 Å². The lowest BCUT2D eigenvalue weighted by Gasteiger charge is -2.14. The summed E-state index contributed by atoms with van der Waals surface area (Å²) < 4.78 is 32.8. The summed E-state index contributed by atoms with van der Waals surface area (Å²) >= 11 is 0. The molecular weight excluding hydrogens is 250 g/mol. The predicted molar refractivity (Wildman–Crippen MR) is 67.9 cm³/mol. The average Bonchev–Trinajstić information content (AvgIpc) is 3.11. The molecule has 0 aliphatic heterocycles. The fourth-order valence-corrected chi connectivity index (χ4v) is 2.57. The molecule has 2 rings (SSSR count). The van der Waals surface area contributed by atoms with E-state index in [2.05, 4.69) is 0 Å². The van der Waals surface area contributed by atoms with Gasteiger partial charge in [0, 0.05) is 5.92 Å². The van der Waals surface area contributed by atoms with Gasteiger partial charge in [-0.3, -0.25) is 4.79 Å². The normalized spacial score (nSPS) is 21.6. The average molecular weight is 268 g/mol. The fraction of sp³-hybridized carbons (Fsp3) is 0.533. The summed E-state index contributed by atoms with van der Waals surface area (Å²) in [6, 6.07) is 2.28. The van der Waals surface area contributed by atoms with Crippen LogP contribution < -0.4 is 0 Å². The number of halogens is 2. The Hall–Kier alpha value is -1.45. The first kappa shape index (κ1) is 14.0. The highest BCUT2D eigenvalue weighted by Crippen LogP contribution is 2.51. The SMILES string of the molecule is CCOC(=O)C1CC1c1c(F)ccc(F)c1C(C)C. The van der Waals surface area contributed by atoms with Gasteiger partial charge in [0.15, 0.2) is 0 Å². The minimum atomic E-state index is -0.429. The van der Waals surface area contributed by atoms with Crippen LogP contribution in [0.5, 0.6) is 0 Å². The number of esters is 1. The molecule has 0 saturated heterocycles. The van der Waals surface area contributed by atoms with E-state index in [9.17, 15) is 13.6 Å². The van der Waals surface area contributed by atoms with Gasteiger partial charge in [-0.15, -0.1) is 0 Å². The molecule has 0 aromatic heterocycles. The van der Waals surface area contributed by atoms with Crippen molar-refractivity contribution in [3.05, 3.63) is 34.9 Å². The molecule has 1 aromatic rings. The highest BCUT2D eigenvalue weighted by atomic mass is 19.1. The number of carbonyl (C=O) groups excluding carboxylic acids is 1. The van der Waals surface area contributed by atoms with Crippen LogP contribution in [-0.2, 0) is 9.53 Å². The number of hydrogen-bond acceptors (Lipinski definition) is 2. The largest absolute Gasteiger partial charge is 0.466 e. The van der Waals surface area contributed by atoms with Crippen molar-refractivity contribution in [2.24, 2.45) is 5.92 Å². The minimum Gasteiger partial charge on any atom is -0.466 e. The second-order valence-corrected chi connectivity index (χ2v) is 5.21. The lowest BCUT2D eigenvalue weighted by atomic mass is 9.92. The third kappa shape index (κ3) is 2.62.